The van der Waals surface area contributed by atoms with Gasteiger partial charge in [-0.15, -0.1) is 0 Å². The van der Waals surface area contributed by atoms with Crippen molar-refractivity contribution < 1.29 is 8.42 Å². The van der Waals surface area contributed by atoms with Crippen LogP contribution in [0.4, 0.5) is 5.69 Å². The molecule has 7 nitrogen and oxygen atoms in total. The van der Waals surface area contributed by atoms with Gasteiger partial charge in [0.1, 0.15) is 0 Å². The number of benzene rings is 1. The summed E-state index contributed by atoms with van der Waals surface area (Å²) >= 11 is 0. The van der Waals surface area contributed by atoms with Gasteiger partial charge in [-0.1, -0.05) is 12.1 Å². The van der Waals surface area contributed by atoms with Crippen LogP contribution in [0.5, 0.6) is 0 Å². The van der Waals surface area contributed by atoms with Gasteiger partial charge in [-0.05, 0) is 44.4 Å². The zero-order valence-corrected chi connectivity index (χ0v) is 15.8. The van der Waals surface area contributed by atoms with E-state index in [-0.39, 0.29) is 18.3 Å². The summed E-state index contributed by atoms with van der Waals surface area (Å²) in [5, 5.41) is 11.5. The Kier molecular flexibility index (Phi) is 7.07. The summed E-state index contributed by atoms with van der Waals surface area (Å²) < 4.78 is 22.1. The van der Waals surface area contributed by atoms with E-state index in [0.29, 0.717) is 12.5 Å². The van der Waals surface area contributed by atoms with Crippen molar-refractivity contribution in [3.8, 4) is 0 Å². The van der Waals surface area contributed by atoms with Crippen molar-refractivity contribution >= 4 is 21.7 Å². The molecule has 1 fully saturated rings. The number of anilines is 1. The fourth-order valence-corrected chi connectivity index (χ4v) is 3.21. The van der Waals surface area contributed by atoms with Crippen LogP contribution in [0, 0.1) is 0 Å². The van der Waals surface area contributed by atoms with Crippen LogP contribution in [-0.4, -0.2) is 46.3 Å². The van der Waals surface area contributed by atoms with E-state index in [1.165, 1.54) is 24.1 Å². The zero-order valence-electron chi connectivity index (χ0n) is 15.0. The first-order chi connectivity index (χ1) is 11.9. The number of sulfonamides is 1. The quantitative estimate of drug-likeness (QED) is 0.497. The van der Waals surface area contributed by atoms with Gasteiger partial charge in [0.25, 0.3) is 0 Å². The third kappa shape index (κ3) is 6.55. The average molecular weight is 368 g/mol. The van der Waals surface area contributed by atoms with Crippen molar-refractivity contribution in [3.05, 3.63) is 29.8 Å². The second kappa shape index (κ2) is 9.05. The molecule has 4 N–H and O–H groups in total. The van der Waals surface area contributed by atoms with E-state index >= 15 is 0 Å². The highest BCUT2D eigenvalue weighted by Gasteiger charge is 2.14. The van der Waals surface area contributed by atoms with Crippen LogP contribution < -0.4 is 20.7 Å². The molecule has 25 heavy (non-hydrogen) atoms. The predicted octanol–water partition coefficient (Wildman–Crippen LogP) is 1.19. The third-order valence-electron chi connectivity index (χ3n) is 4.18. The summed E-state index contributed by atoms with van der Waals surface area (Å²) in [7, 11) is -3.50. The van der Waals surface area contributed by atoms with Gasteiger partial charge in [-0.2, -0.15) is 0 Å². The lowest BCUT2D eigenvalue weighted by Gasteiger charge is -2.22. The number of nitrogens with zero attached hydrogens (tertiary/aromatic N) is 2. The van der Waals surface area contributed by atoms with E-state index in [9.17, 15) is 8.42 Å². The number of hydrogen-bond acceptors (Lipinski definition) is 4. The molecule has 0 spiro atoms. The lowest BCUT2D eigenvalue weighted by molar-refractivity contribution is 0.597. The SMILES string of the molecule is CCNC(=NCCS(N)(=O)=O)NC(C)c1cccc(N2CCCC2)c1. The van der Waals surface area contributed by atoms with Gasteiger partial charge >= 0.3 is 0 Å². The molecule has 0 amide bonds. The number of guanidine groups is 1. The molecule has 0 radical (unpaired) electrons. The highest BCUT2D eigenvalue weighted by molar-refractivity contribution is 7.89. The number of nitrogens with one attached hydrogen (secondary N) is 2. The molecule has 1 aliphatic rings. The van der Waals surface area contributed by atoms with Gasteiger partial charge in [-0.3, -0.25) is 4.99 Å². The Morgan fingerprint density at radius 3 is 2.72 bits per heavy atom. The smallest absolute Gasteiger partial charge is 0.210 e. The molecule has 0 aliphatic carbocycles. The van der Waals surface area contributed by atoms with E-state index in [1.54, 1.807) is 0 Å². The van der Waals surface area contributed by atoms with Crippen LogP contribution in [0.2, 0.25) is 0 Å². The van der Waals surface area contributed by atoms with Crippen molar-refractivity contribution in [2.24, 2.45) is 10.1 Å². The molecule has 140 valence electrons. The Bertz CT molecular complexity index is 684. The summed E-state index contributed by atoms with van der Waals surface area (Å²) in [6.07, 6.45) is 2.50. The van der Waals surface area contributed by atoms with Crippen LogP contribution in [0.1, 0.15) is 38.3 Å². The lowest BCUT2D eigenvalue weighted by atomic mass is 10.1. The molecule has 8 heteroatoms. The van der Waals surface area contributed by atoms with E-state index in [2.05, 4.69) is 51.7 Å². The van der Waals surface area contributed by atoms with E-state index in [4.69, 9.17) is 5.14 Å². The first-order valence-electron chi connectivity index (χ1n) is 8.79. The van der Waals surface area contributed by atoms with Crippen molar-refractivity contribution in [2.75, 3.05) is 36.8 Å². The fraction of sp³-hybridized carbons (Fsp3) is 0.588. The average Bonchev–Trinajstić information content (AvgIpc) is 3.08. The van der Waals surface area contributed by atoms with Crippen molar-refractivity contribution in [2.45, 2.75) is 32.7 Å². The topological polar surface area (TPSA) is 99.8 Å². The van der Waals surface area contributed by atoms with Gasteiger partial charge in [0.15, 0.2) is 5.96 Å². The number of rotatable bonds is 7. The Balaban J connectivity index is 2.03. The van der Waals surface area contributed by atoms with Gasteiger partial charge < -0.3 is 15.5 Å². The monoisotopic (exact) mass is 367 g/mol. The van der Waals surface area contributed by atoms with Gasteiger partial charge in [0.2, 0.25) is 10.0 Å². The van der Waals surface area contributed by atoms with E-state index in [0.717, 1.165) is 13.1 Å². The largest absolute Gasteiger partial charge is 0.372 e. The number of aliphatic imine (C=N–C) groups is 1. The first-order valence-corrected chi connectivity index (χ1v) is 10.5. The molecule has 1 atom stereocenters. The minimum absolute atomic E-state index is 0.0508. The Morgan fingerprint density at radius 1 is 1.36 bits per heavy atom. The maximum Gasteiger partial charge on any atom is 0.210 e. The summed E-state index contributed by atoms with van der Waals surface area (Å²) in [5.41, 5.74) is 2.42. The van der Waals surface area contributed by atoms with Crippen molar-refractivity contribution in [1.82, 2.24) is 10.6 Å². The molecule has 0 bridgehead atoms. The molecule has 1 saturated heterocycles. The summed E-state index contributed by atoms with van der Waals surface area (Å²) in [4.78, 5) is 6.69. The molecule has 1 unspecified atom stereocenters. The molecular weight excluding hydrogens is 338 g/mol. The number of nitrogens with two attached hydrogens (primary N) is 1. The van der Waals surface area contributed by atoms with Crippen LogP contribution >= 0.6 is 0 Å². The van der Waals surface area contributed by atoms with E-state index in [1.807, 2.05) is 6.92 Å². The van der Waals surface area contributed by atoms with Crippen molar-refractivity contribution in [1.29, 1.82) is 0 Å². The minimum Gasteiger partial charge on any atom is -0.372 e. The Hall–Kier alpha value is -1.80. The van der Waals surface area contributed by atoms with Gasteiger partial charge in [0.05, 0.1) is 18.3 Å². The second-order valence-electron chi connectivity index (χ2n) is 6.28. The molecule has 0 saturated carbocycles. The van der Waals surface area contributed by atoms with Crippen LogP contribution in [-0.2, 0) is 10.0 Å². The molecular formula is C17H29N5O2S. The van der Waals surface area contributed by atoms with Crippen LogP contribution in [0.3, 0.4) is 0 Å². The summed E-state index contributed by atoms with van der Waals surface area (Å²) in [5.74, 6) is 0.424. The predicted molar refractivity (Wildman–Crippen MR) is 103 cm³/mol. The second-order valence-corrected chi connectivity index (χ2v) is 8.02. The summed E-state index contributed by atoms with van der Waals surface area (Å²) in [6.45, 7) is 7.09. The normalized spacial score (nSPS) is 16.8. The number of hydrogen-bond donors (Lipinski definition) is 3. The third-order valence-corrected chi connectivity index (χ3v) is 4.94. The van der Waals surface area contributed by atoms with Crippen LogP contribution in [0.15, 0.2) is 29.3 Å². The van der Waals surface area contributed by atoms with E-state index < -0.39 is 10.0 Å². The van der Waals surface area contributed by atoms with Crippen molar-refractivity contribution in [3.63, 3.8) is 0 Å². The lowest BCUT2D eigenvalue weighted by Crippen LogP contribution is -2.39. The zero-order chi connectivity index (χ0) is 18.3. The van der Waals surface area contributed by atoms with Gasteiger partial charge in [-0.25, -0.2) is 13.6 Å². The highest BCUT2D eigenvalue weighted by Crippen LogP contribution is 2.23. The molecule has 1 heterocycles. The Labute approximate surface area is 150 Å². The maximum atomic E-state index is 11.0. The minimum atomic E-state index is -3.50. The molecule has 1 aromatic rings. The molecule has 0 aromatic heterocycles. The Morgan fingerprint density at radius 2 is 2.08 bits per heavy atom. The number of primary sulfonamides is 1. The highest BCUT2D eigenvalue weighted by atomic mass is 32.2. The van der Waals surface area contributed by atoms with Gasteiger partial charge in [0, 0.05) is 25.3 Å². The molecule has 1 aromatic carbocycles. The maximum absolute atomic E-state index is 11.0. The fourth-order valence-electron chi connectivity index (χ4n) is 2.86. The molecule has 2 rings (SSSR count). The molecule has 1 aliphatic heterocycles. The van der Waals surface area contributed by atoms with Crippen LogP contribution in [0.25, 0.3) is 0 Å². The first kappa shape index (κ1) is 19.5. The standard InChI is InChI=1S/C17H29N5O2S/c1-3-19-17(20-9-12-25(18,23)24)21-14(2)15-7-6-8-16(13-15)22-10-4-5-11-22/h6-8,13-14H,3-5,9-12H2,1-2H3,(H2,18,23,24)(H2,19,20,21). The summed E-state index contributed by atoms with van der Waals surface area (Å²) in [6, 6.07) is 8.57.